The van der Waals surface area contributed by atoms with Crippen molar-refractivity contribution in [3.8, 4) is 17.2 Å². The summed E-state index contributed by atoms with van der Waals surface area (Å²) < 4.78 is 53.2. The Bertz CT molecular complexity index is 1370. The number of benzene rings is 3. The molecule has 1 aliphatic heterocycles. The van der Waals surface area contributed by atoms with Gasteiger partial charge in [0.25, 0.3) is 0 Å². The molecule has 0 unspecified atom stereocenters. The Hall–Kier alpha value is -4.31. The quantitative estimate of drug-likeness (QED) is 0.174. The van der Waals surface area contributed by atoms with Crippen molar-refractivity contribution < 1.29 is 37.0 Å². The summed E-state index contributed by atoms with van der Waals surface area (Å²) in [6.07, 6.45) is 1.23. The van der Waals surface area contributed by atoms with E-state index >= 15 is 0 Å². The van der Waals surface area contributed by atoms with E-state index in [0.29, 0.717) is 11.3 Å². The van der Waals surface area contributed by atoms with E-state index in [-0.39, 0.29) is 12.4 Å². The van der Waals surface area contributed by atoms with Gasteiger partial charge in [-0.2, -0.15) is 13.2 Å². The van der Waals surface area contributed by atoms with Crippen molar-refractivity contribution in [3.63, 3.8) is 0 Å². The highest BCUT2D eigenvalue weighted by Crippen LogP contribution is 2.31. The van der Waals surface area contributed by atoms with Crippen LogP contribution in [0.1, 0.15) is 36.0 Å². The van der Waals surface area contributed by atoms with Crippen molar-refractivity contribution in [2.75, 3.05) is 25.5 Å². The van der Waals surface area contributed by atoms with Gasteiger partial charge in [0.15, 0.2) is 11.5 Å². The molecule has 0 atom stereocenters. The van der Waals surface area contributed by atoms with Gasteiger partial charge in [-0.3, -0.25) is 9.69 Å². The molecular formula is C31H31F3N2O5. The number of rotatable bonds is 10. The first-order chi connectivity index (χ1) is 19.7. The number of alkyl halides is 3. The fourth-order valence-corrected chi connectivity index (χ4v) is 4.38. The van der Waals surface area contributed by atoms with Gasteiger partial charge in [-0.1, -0.05) is 42.8 Å². The molecule has 0 bridgehead atoms. The van der Waals surface area contributed by atoms with Crippen LogP contribution in [0.4, 0.5) is 18.9 Å². The highest BCUT2D eigenvalue weighted by atomic mass is 19.4. The van der Waals surface area contributed by atoms with E-state index < -0.39 is 23.8 Å². The summed E-state index contributed by atoms with van der Waals surface area (Å²) in [6, 6.07) is 19.2. The average Bonchev–Trinajstić information content (AvgIpc) is 2.96. The summed E-state index contributed by atoms with van der Waals surface area (Å²) in [6.45, 7) is 3.43. The van der Waals surface area contributed by atoms with Gasteiger partial charge in [-0.05, 0) is 73.5 Å². The van der Waals surface area contributed by atoms with Crippen molar-refractivity contribution >= 4 is 23.6 Å². The van der Waals surface area contributed by atoms with E-state index in [0.717, 1.165) is 30.9 Å². The predicted octanol–water partition coefficient (Wildman–Crippen LogP) is 6.38. The van der Waals surface area contributed by atoms with E-state index in [1.165, 1.54) is 62.3 Å². The van der Waals surface area contributed by atoms with E-state index in [1.807, 2.05) is 24.3 Å². The Morgan fingerprint density at radius 1 is 0.951 bits per heavy atom. The molecule has 0 radical (unpaired) electrons. The molecule has 3 aromatic carbocycles. The molecule has 1 amide bonds. The lowest BCUT2D eigenvalue weighted by Gasteiger charge is -2.26. The van der Waals surface area contributed by atoms with Crippen LogP contribution in [0.5, 0.6) is 17.2 Å². The van der Waals surface area contributed by atoms with Gasteiger partial charge in [-0.25, -0.2) is 4.79 Å². The number of piperidine rings is 1. The van der Waals surface area contributed by atoms with Crippen LogP contribution in [0.25, 0.3) is 6.08 Å². The minimum Gasteiger partial charge on any atom is -0.493 e. The molecule has 0 spiro atoms. The number of ether oxygens (including phenoxy) is 3. The SMILES string of the molecule is COc1ccc(/C=C/C(=O)Nc2ccccc2COc2ccc(CN3CCCCC3)cc2)cc1OC(=O)C(F)(F)F. The molecule has 3 aromatic rings. The number of halogens is 3. The zero-order valence-electron chi connectivity index (χ0n) is 22.6. The number of anilines is 1. The van der Waals surface area contributed by atoms with Crippen LogP contribution >= 0.6 is 0 Å². The number of para-hydroxylation sites is 1. The van der Waals surface area contributed by atoms with E-state index in [2.05, 4.69) is 27.1 Å². The van der Waals surface area contributed by atoms with Crippen LogP contribution < -0.4 is 19.5 Å². The molecular weight excluding hydrogens is 537 g/mol. The minimum absolute atomic E-state index is 0.0604. The smallest absolute Gasteiger partial charge is 0.491 e. The minimum atomic E-state index is -5.16. The molecule has 1 N–H and O–H groups in total. The first kappa shape index (κ1) is 29.7. The lowest BCUT2D eigenvalue weighted by atomic mass is 10.1. The first-order valence-corrected chi connectivity index (χ1v) is 13.2. The van der Waals surface area contributed by atoms with Crippen LogP contribution in [0.15, 0.2) is 72.8 Å². The maximum absolute atomic E-state index is 12.6. The van der Waals surface area contributed by atoms with Crippen LogP contribution in [0.3, 0.4) is 0 Å². The Balaban J connectivity index is 1.35. The number of carbonyl (C=O) groups excluding carboxylic acids is 2. The number of amides is 1. The van der Waals surface area contributed by atoms with Gasteiger partial charge in [0.05, 0.1) is 7.11 Å². The van der Waals surface area contributed by atoms with Crippen LogP contribution in [0.2, 0.25) is 0 Å². The summed E-state index contributed by atoms with van der Waals surface area (Å²) >= 11 is 0. The topological polar surface area (TPSA) is 77.1 Å². The number of hydrogen-bond donors (Lipinski definition) is 1. The zero-order chi connectivity index (χ0) is 29.2. The Labute approximate surface area is 236 Å². The normalized spacial score (nSPS) is 14.0. The second-order valence-electron chi connectivity index (χ2n) is 9.55. The molecule has 0 saturated carbocycles. The van der Waals surface area contributed by atoms with Gasteiger partial charge < -0.3 is 19.5 Å². The van der Waals surface area contributed by atoms with Gasteiger partial charge in [0.1, 0.15) is 12.4 Å². The van der Waals surface area contributed by atoms with Gasteiger partial charge in [0.2, 0.25) is 5.91 Å². The maximum Gasteiger partial charge on any atom is 0.491 e. The Morgan fingerprint density at radius 3 is 2.39 bits per heavy atom. The van der Waals surface area contributed by atoms with Crippen LogP contribution in [-0.4, -0.2) is 43.2 Å². The number of nitrogens with zero attached hydrogens (tertiary/aromatic N) is 1. The maximum atomic E-state index is 12.6. The molecule has 1 heterocycles. The van der Waals surface area contributed by atoms with Crippen molar-refractivity contribution in [1.82, 2.24) is 4.90 Å². The number of hydrogen-bond acceptors (Lipinski definition) is 6. The second kappa shape index (κ2) is 13.8. The van der Waals surface area contributed by atoms with Crippen molar-refractivity contribution in [1.29, 1.82) is 0 Å². The third-order valence-electron chi connectivity index (χ3n) is 6.50. The molecule has 4 rings (SSSR count). The highest BCUT2D eigenvalue weighted by Gasteiger charge is 2.41. The molecule has 0 aromatic heterocycles. The lowest BCUT2D eigenvalue weighted by Crippen LogP contribution is -2.28. The van der Waals surface area contributed by atoms with Gasteiger partial charge >= 0.3 is 12.1 Å². The summed E-state index contributed by atoms with van der Waals surface area (Å²) in [4.78, 5) is 26.3. The molecule has 1 fully saturated rings. The Kier molecular flexibility index (Phi) is 10.0. The standard InChI is InChI=1S/C31H31F3N2O5/c1-39-27-15-11-22(19-28(27)41-30(38)31(32,33)34)12-16-29(37)35-26-8-4-3-7-24(26)21-40-25-13-9-23(10-14-25)20-36-17-5-2-6-18-36/h3-4,7-16,19H,2,5-6,17-18,20-21H2,1H3,(H,35,37)/b16-12+. The van der Waals surface area contributed by atoms with Crippen LogP contribution in [-0.2, 0) is 22.7 Å². The molecule has 1 saturated heterocycles. The number of methoxy groups -OCH3 is 1. The monoisotopic (exact) mass is 568 g/mol. The second-order valence-corrected chi connectivity index (χ2v) is 9.55. The molecule has 41 heavy (non-hydrogen) atoms. The van der Waals surface area contributed by atoms with Gasteiger partial charge in [0, 0.05) is 23.9 Å². The molecule has 7 nitrogen and oxygen atoms in total. The van der Waals surface area contributed by atoms with E-state index in [1.54, 1.807) is 12.1 Å². The van der Waals surface area contributed by atoms with Crippen molar-refractivity contribution in [3.05, 3.63) is 89.5 Å². The predicted molar refractivity (Wildman–Crippen MR) is 149 cm³/mol. The fourth-order valence-electron chi connectivity index (χ4n) is 4.38. The van der Waals surface area contributed by atoms with E-state index in [9.17, 15) is 22.8 Å². The zero-order valence-corrected chi connectivity index (χ0v) is 22.6. The molecule has 216 valence electrons. The number of likely N-dealkylation sites (tertiary alicyclic amines) is 1. The number of esters is 1. The Morgan fingerprint density at radius 2 is 1.68 bits per heavy atom. The molecule has 10 heteroatoms. The third kappa shape index (κ3) is 8.84. The number of nitrogens with one attached hydrogen (secondary N) is 1. The summed E-state index contributed by atoms with van der Waals surface area (Å²) in [5.41, 5.74) is 2.88. The summed E-state index contributed by atoms with van der Waals surface area (Å²) in [5, 5.41) is 2.79. The fraction of sp³-hybridized carbons (Fsp3) is 0.290. The largest absolute Gasteiger partial charge is 0.493 e. The van der Waals surface area contributed by atoms with E-state index in [4.69, 9.17) is 9.47 Å². The highest BCUT2D eigenvalue weighted by molar-refractivity contribution is 6.02. The van der Waals surface area contributed by atoms with Crippen LogP contribution in [0, 0.1) is 0 Å². The average molecular weight is 569 g/mol. The molecule has 1 aliphatic rings. The van der Waals surface area contributed by atoms with Crippen molar-refractivity contribution in [2.24, 2.45) is 0 Å². The summed E-state index contributed by atoms with van der Waals surface area (Å²) in [5.74, 6) is -2.60. The van der Waals surface area contributed by atoms with Crippen molar-refractivity contribution in [2.45, 2.75) is 38.6 Å². The third-order valence-corrected chi connectivity index (χ3v) is 6.50. The van der Waals surface area contributed by atoms with Gasteiger partial charge in [-0.15, -0.1) is 0 Å². The lowest BCUT2D eigenvalue weighted by molar-refractivity contribution is -0.189. The molecule has 0 aliphatic carbocycles. The summed E-state index contributed by atoms with van der Waals surface area (Å²) in [7, 11) is 1.23. The number of carbonyl (C=O) groups is 2. The first-order valence-electron chi connectivity index (χ1n) is 13.2.